The molecule has 0 aromatic carbocycles. The van der Waals surface area contributed by atoms with Crippen LogP contribution in [0.25, 0.3) is 0 Å². The van der Waals surface area contributed by atoms with Crippen molar-refractivity contribution in [3.63, 3.8) is 0 Å². The molecule has 1 aliphatic rings. The molecule has 14 heavy (non-hydrogen) atoms. The Morgan fingerprint density at radius 3 is 2.71 bits per heavy atom. The van der Waals surface area contributed by atoms with Crippen LogP contribution in [-0.2, 0) is 0 Å². The topological polar surface area (TPSA) is 29.3 Å². The fraction of sp³-hybridized carbons (Fsp3) is 1.00. The Bertz CT molecular complexity index is 147. The summed E-state index contributed by atoms with van der Waals surface area (Å²) in [6.07, 6.45) is 6.68. The van der Waals surface area contributed by atoms with E-state index in [1.54, 1.807) is 0 Å². The van der Waals surface area contributed by atoms with E-state index in [4.69, 9.17) is 5.73 Å². The zero-order valence-electron chi connectivity index (χ0n) is 9.84. The van der Waals surface area contributed by atoms with Gasteiger partial charge >= 0.3 is 0 Å². The molecule has 0 radical (unpaired) electrons. The highest BCUT2D eigenvalue weighted by Gasteiger charge is 2.22. The first kappa shape index (κ1) is 12.0. The number of piperidine rings is 1. The zero-order valence-corrected chi connectivity index (χ0v) is 9.84. The van der Waals surface area contributed by atoms with Crippen molar-refractivity contribution >= 4 is 0 Å². The fourth-order valence-corrected chi connectivity index (χ4v) is 2.22. The molecule has 2 atom stereocenters. The first-order valence-electron chi connectivity index (χ1n) is 6.22. The van der Waals surface area contributed by atoms with Crippen LogP contribution in [0.1, 0.15) is 46.0 Å². The van der Waals surface area contributed by atoms with Gasteiger partial charge in [0.25, 0.3) is 0 Å². The third-order valence-electron chi connectivity index (χ3n) is 3.38. The van der Waals surface area contributed by atoms with Crippen molar-refractivity contribution in [2.75, 3.05) is 19.6 Å². The third kappa shape index (κ3) is 3.97. The van der Waals surface area contributed by atoms with Crippen LogP contribution in [-0.4, -0.2) is 30.6 Å². The molecule has 84 valence electrons. The first-order valence-corrected chi connectivity index (χ1v) is 6.22. The van der Waals surface area contributed by atoms with E-state index in [0.717, 1.165) is 0 Å². The number of nitrogens with two attached hydrogens (primary N) is 1. The summed E-state index contributed by atoms with van der Waals surface area (Å²) in [6.45, 7) is 8.27. The molecule has 0 spiro atoms. The van der Waals surface area contributed by atoms with E-state index in [1.807, 2.05) is 0 Å². The Kier molecular flexibility index (Phi) is 5.49. The van der Waals surface area contributed by atoms with Gasteiger partial charge in [-0.3, -0.25) is 0 Å². The van der Waals surface area contributed by atoms with Crippen molar-refractivity contribution in [3.05, 3.63) is 0 Å². The number of likely N-dealkylation sites (tertiary alicyclic amines) is 1. The van der Waals surface area contributed by atoms with Crippen molar-refractivity contribution in [1.82, 2.24) is 4.90 Å². The number of unbranched alkanes of at least 4 members (excludes halogenated alkanes) is 3. The molecule has 2 unspecified atom stereocenters. The quantitative estimate of drug-likeness (QED) is 0.686. The summed E-state index contributed by atoms with van der Waals surface area (Å²) in [5.41, 5.74) is 5.99. The van der Waals surface area contributed by atoms with Gasteiger partial charge in [0.15, 0.2) is 0 Å². The molecule has 0 aromatic rings. The Morgan fingerprint density at radius 2 is 2.07 bits per heavy atom. The van der Waals surface area contributed by atoms with Crippen molar-refractivity contribution < 1.29 is 0 Å². The molecule has 2 heteroatoms. The number of hydrogen-bond acceptors (Lipinski definition) is 2. The maximum atomic E-state index is 5.99. The second-order valence-electron chi connectivity index (χ2n) is 4.79. The minimum atomic E-state index is 0.446. The molecule has 1 rings (SSSR count). The summed E-state index contributed by atoms with van der Waals surface area (Å²) in [5, 5.41) is 0. The molecule has 2 N–H and O–H groups in total. The third-order valence-corrected chi connectivity index (χ3v) is 3.38. The lowest BCUT2D eigenvalue weighted by Crippen LogP contribution is -2.46. The summed E-state index contributed by atoms with van der Waals surface area (Å²) in [7, 11) is 0. The van der Waals surface area contributed by atoms with Crippen LogP contribution in [0, 0.1) is 5.92 Å². The average Bonchev–Trinajstić information content (AvgIpc) is 2.18. The van der Waals surface area contributed by atoms with Crippen molar-refractivity contribution in [2.45, 2.75) is 52.0 Å². The van der Waals surface area contributed by atoms with E-state index in [-0.39, 0.29) is 0 Å². The summed E-state index contributed by atoms with van der Waals surface area (Å²) >= 11 is 0. The molecule has 0 aromatic heterocycles. The maximum absolute atomic E-state index is 5.99. The smallest absolute Gasteiger partial charge is 0.00889 e. The number of nitrogens with zero attached hydrogens (tertiary/aromatic N) is 1. The van der Waals surface area contributed by atoms with Gasteiger partial charge in [-0.15, -0.1) is 0 Å². The molecule has 0 aliphatic carbocycles. The van der Waals surface area contributed by atoms with Crippen molar-refractivity contribution in [3.8, 4) is 0 Å². The van der Waals surface area contributed by atoms with E-state index in [9.17, 15) is 0 Å². The molecule has 1 fully saturated rings. The van der Waals surface area contributed by atoms with Crippen LogP contribution >= 0.6 is 0 Å². The lowest BCUT2D eigenvalue weighted by atomic mass is 9.94. The van der Waals surface area contributed by atoms with Crippen molar-refractivity contribution in [1.29, 1.82) is 0 Å². The van der Waals surface area contributed by atoms with Gasteiger partial charge in [-0.25, -0.2) is 0 Å². The van der Waals surface area contributed by atoms with Crippen LogP contribution in [0.3, 0.4) is 0 Å². The highest BCUT2D eigenvalue weighted by Crippen LogP contribution is 2.15. The van der Waals surface area contributed by atoms with Crippen LogP contribution in [0.4, 0.5) is 0 Å². The molecule has 1 aliphatic heterocycles. The second kappa shape index (κ2) is 6.41. The van der Waals surface area contributed by atoms with Gasteiger partial charge in [-0.2, -0.15) is 0 Å². The fourth-order valence-electron chi connectivity index (χ4n) is 2.22. The summed E-state index contributed by atoms with van der Waals surface area (Å²) in [6, 6.07) is 0.446. The van der Waals surface area contributed by atoms with Crippen LogP contribution < -0.4 is 5.73 Å². The summed E-state index contributed by atoms with van der Waals surface area (Å²) in [4.78, 5) is 2.59. The summed E-state index contributed by atoms with van der Waals surface area (Å²) < 4.78 is 0. The van der Waals surface area contributed by atoms with E-state index in [0.29, 0.717) is 12.0 Å². The highest BCUT2D eigenvalue weighted by molar-refractivity contribution is 4.79. The van der Waals surface area contributed by atoms with Gasteiger partial charge < -0.3 is 10.6 Å². The Hall–Kier alpha value is -0.0800. The molecule has 0 amide bonds. The van der Waals surface area contributed by atoms with E-state index in [1.165, 1.54) is 51.7 Å². The first-order chi connectivity index (χ1) is 6.74. The van der Waals surface area contributed by atoms with Crippen LogP contribution in [0.15, 0.2) is 0 Å². The second-order valence-corrected chi connectivity index (χ2v) is 4.79. The molecule has 0 bridgehead atoms. The normalized spacial score (nSPS) is 29.4. The monoisotopic (exact) mass is 198 g/mol. The predicted octanol–water partition coefficient (Wildman–Crippen LogP) is 2.24. The number of hydrogen-bond donors (Lipinski definition) is 1. The number of rotatable bonds is 5. The average molecular weight is 198 g/mol. The van der Waals surface area contributed by atoms with Gasteiger partial charge in [0.2, 0.25) is 0 Å². The van der Waals surface area contributed by atoms with Gasteiger partial charge in [0.05, 0.1) is 0 Å². The van der Waals surface area contributed by atoms with Crippen LogP contribution in [0.2, 0.25) is 0 Å². The molecule has 1 heterocycles. The minimum Gasteiger partial charge on any atom is -0.327 e. The lowest BCUT2D eigenvalue weighted by Gasteiger charge is -2.35. The molecule has 1 saturated heterocycles. The van der Waals surface area contributed by atoms with E-state index in [2.05, 4.69) is 18.7 Å². The molecular formula is C12H26N2. The Labute approximate surface area is 88.8 Å². The molecule has 2 nitrogen and oxygen atoms in total. The van der Waals surface area contributed by atoms with Gasteiger partial charge in [0, 0.05) is 12.6 Å². The van der Waals surface area contributed by atoms with Crippen LogP contribution in [0.5, 0.6) is 0 Å². The van der Waals surface area contributed by atoms with E-state index >= 15 is 0 Å². The molecule has 0 saturated carbocycles. The van der Waals surface area contributed by atoms with Gasteiger partial charge in [-0.1, -0.05) is 33.1 Å². The molecular weight excluding hydrogens is 172 g/mol. The standard InChI is InChI=1S/C12H26N2/c1-3-4-5-6-8-14-9-7-12(13)11(2)10-14/h11-12H,3-10,13H2,1-2H3. The zero-order chi connectivity index (χ0) is 10.4. The van der Waals surface area contributed by atoms with Crippen molar-refractivity contribution in [2.24, 2.45) is 11.7 Å². The van der Waals surface area contributed by atoms with Gasteiger partial charge in [-0.05, 0) is 31.8 Å². The summed E-state index contributed by atoms with van der Waals surface area (Å²) in [5.74, 6) is 0.690. The SMILES string of the molecule is CCCCCCN1CCC(N)C(C)C1. The lowest BCUT2D eigenvalue weighted by molar-refractivity contribution is 0.162. The Morgan fingerprint density at radius 1 is 1.29 bits per heavy atom. The maximum Gasteiger partial charge on any atom is 0.00889 e. The largest absolute Gasteiger partial charge is 0.327 e. The van der Waals surface area contributed by atoms with E-state index < -0.39 is 0 Å². The Balaban J connectivity index is 2.07. The highest BCUT2D eigenvalue weighted by atomic mass is 15.1. The predicted molar refractivity (Wildman–Crippen MR) is 62.3 cm³/mol. The minimum absolute atomic E-state index is 0.446. The van der Waals surface area contributed by atoms with Gasteiger partial charge in [0.1, 0.15) is 0 Å².